The van der Waals surface area contributed by atoms with Gasteiger partial charge < -0.3 is 4.52 Å². The second-order valence-corrected chi connectivity index (χ2v) is 6.30. The van der Waals surface area contributed by atoms with Crippen LogP contribution < -0.4 is 5.63 Å². The van der Waals surface area contributed by atoms with Gasteiger partial charge in [-0.1, -0.05) is 84.9 Å². The summed E-state index contributed by atoms with van der Waals surface area (Å²) in [5.41, 5.74) is 4.67. The summed E-state index contributed by atoms with van der Waals surface area (Å²) in [6, 6.07) is 29.4. The Hall–Kier alpha value is -3.66. The van der Waals surface area contributed by atoms with Crippen molar-refractivity contribution in [3.63, 3.8) is 0 Å². The molecule has 0 fully saturated rings. The maximum Gasteiger partial charge on any atom is 0.358 e. The second-order valence-electron chi connectivity index (χ2n) is 6.30. The smallest absolute Gasteiger partial charge is 0.328 e. The number of aryl methyl sites for hydroxylation is 1. The Bertz CT molecular complexity index is 1110. The number of carbonyl (C=O) groups excluding carboxylic acids is 1. The molecular formula is C24H21NO3. The van der Waals surface area contributed by atoms with Crippen LogP contribution in [0.5, 0.6) is 0 Å². The Morgan fingerprint density at radius 2 is 1.32 bits per heavy atom. The number of hydrogen-bond acceptors (Lipinski definition) is 3. The van der Waals surface area contributed by atoms with E-state index in [1.165, 1.54) is 29.7 Å². The van der Waals surface area contributed by atoms with Crippen LogP contribution in [0, 0.1) is 6.92 Å². The van der Waals surface area contributed by atoms with E-state index in [0.717, 1.165) is 10.3 Å². The summed E-state index contributed by atoms with van der Waals surface area (Å²) in [6.45, 7) is 3.48. The third kappa shape index (κ3) is 4.54. The zero-order valence-electron chi connectivity index (χ0n) is 15.8. The summed E-state index contributed by atoms with van der Waals surface area (Å²) in [6.07, 6.45) is 0. The fourth-order valence-electron chi connectivity index (χ4n) is 2.89. The Kier molecular flexibility index (Phi) is 6.02. The van der Waals surface area contributed by atoms with Crippen molar-refractivity contribution in [2.45, 2.75) is 13.8 Å². The van der Waals surface area contributed by atoms with E-state index in [2.05, 4.69) is 55.5 Å². The maximum atomic E-state index is 11.2. The molecule has 3 aromatic carbocycles. The molecule has 28 heavy (non-hydrogen) atoms. The third-order valence-corrected chi connectivity index (χ3v) is 4.24. The molecule has 0 aliphatic rings. The Morgan fingerprint density at radius 1 is 0.786 bits per heavy atom. The van der Waals surface area contributed by atoms with Crippen LogP contribution in [0.1, 0.15) is 17.3 Å². The van der Waals surface area contributed by atoms with Crippen LogP contribution in [0.2, 0.25) is 0 Å². The molecule has 0 unspecified atom stereocenters. The molecule has 4 nitrogen and oxygen atoms in total. The Balaban J connectivity index is 0.000000162. The molecule has 0 aliphatic carbocycles. The minimum Gasteiger partial charge on any atom is -0.328 e. The van der Waals surface area contributed by atoms with E-state index in [1.807, 2.05) is 36.4 Å². The van der Waals surface area contributed by atoms with Gasteiger partial charge in [0, 0.05) is 12.5 Å². The molecule has 140 valence electrons. The highest BCUT2D eigenvalue weighted by Gasteiger charge is 2.11. The van der Waals surface area contributed by atoms with Crippen LogP contribution in [0.4, 0.5) is 0 Å². The number of nitrogens with zero attached hydrogens (tertiary/aromatic N) is 1. The fourth-order valence-corrected chi connectivity index (χ4v) is 2.89. The molecule has 0 amide bonds. The Morgan fingerprint density at radius 3 is 1.89 bits per heavy atom. The van der Waals surface area contributed by atoms with Crippen LogP contribution in [-0.2, 0) is 0 Å². The highest BCUT2D eigenvalue weighted by atomic mass is 16.5. The molecule has 4 heteroatoms. The van der Waals surface area contributed by atoms with E-state index < -0.39 is 5.63 Å². The van der Waals surface area contributed by atoms with Gasteiger partial charge in [0.05, 0.1) is 11.8 Å². The first-order valence-electron chi connectivity index (χ1n) is 8.97. The van der Waals surface area contributed by atoms with Crippen LogP contribution in [-0.4, -0.2) is 10.6 Å². The SMILES string of the molecule is CC(=O)n1oc(=O)cc1-c1ccccc1.Cc1ccccc1-c1ccccc1. The second kappa shape index (κ2) is 8.82. The van der Waals surface area contributed by atoms with Crippen LogP contribution in [0.15, 0.2) is 100 Å². The summed E-state index contributed by atoms with van der Waals surface area (Å²) in [5.74, 6) is -0.323. The zero-order valence-corrected chi connectivity index (χ0v) is 15.8. The molecule has 0 spiro atoms. The predicted octanol–water partition coefficient (Wildman–Crippen LogP) is 5.43. The van der Waals surface area contributed by atoms with Crippen molar-refractivity contribution in [3.05, 3.63) is 107 Å². The molecule has 4 rings (SSSR count). The zero-order chi connectivity index (χ0) is 19.9. The molecule has 4 aromatic rings. The van der Waals surface area contributed by atoms with Crippen molar-refractivity contribution in [2.75, 3.05) is 0 Å². The molecule has 0 radical (unpaired) electrons. The molecule has 0 N–H and O–H groups in total. The van der Waals surface area contributed by atoms with Crippen LogP contribution in [0.25, 0.3) is 22.4 Å². The largest absolute Gasteiger partial charge is 0.358 e. The van der Waals surface area contributed by atoms with E-state index in [1.54, 1.807) is 0 Å². The average molecular weight is 371 g/mol. The van der Waals surface area contributed by atoms with Gasteiger partial charge in [-0.25, -0.2) is 4.79 Å². The minimum atomic E-state index is -0.524. The first kappa shape index (κ1) is 19.1. The van der Waals surface area contributed by atoms with Crippen molar-refractivity contribution >= 4 is 5.91 Å². The number of hydrogen-bond donors (Lipinski definition) is 0. The molecule has 0 bridgehead atoms. The van der Waals surface area contributed by atoms with Gasteiger partial charge in [0.1, 0.15) is 0 Å². The number of aromatic nitrogens is 1. The van der Waals surface area contributed by atoms with Gasteiger partial charge in [0.15, 0.2) is 0 Å². The summed E-state index contributed by atoms with van der Waals surface area (Å²) in [5, 5.41) is 0. The van der Waals surface area contributed by atoms with Crippen molar-refractivity contribution in [2.24, 2.45) is 0 Å². The van der Waals surface area contributed by atoms with E-state index in [-0.39, 0.29) is 5.91 Å². The summed E-state index contributed by atoms with van der Waals surface area (Å²) in [7, 11) is 0. The van der Waals surface area contributed by atoms with E-state index in [4.69, 9.17) is 4.52 Å². The lowest BCUT2D eigenvalue weighted by Gasteiger charge is -2.04. The highest BCUT2D eigenvalue weighted by Crippen LogP contribution is 2.22. The number of rotatable bonds is 2. The molecule has 0 aliphatic heterocycles. The summed E-state index contributed by atoms with van der Waals surface area (Å²) < 4.78 is 5.74. The van der Waals surface area contributed by atoms with Gasteiger partial charge in [-0.3, -0.25) is 4.79 Å². The Labute approximate surface area is 163 Å². The molecule has 1 aromatic heterocycles. The molecule has 0 saturated carbocycles. The van der Waals surface area contributed by atoms with E-state index >= 15 is 0 Å². The summed E-state index contributed by atoms with van der Waals surface area (Å²) >= 11 is 0. The normalized spacial score (nSPS) is 10.1. The van der Waals surface area contributed by atoms with Crippen molar-refractivity contribution in [1.29, 1.82) is 0 Å². The topological polar surface area (TPSA) is 52.2 Å². The van der Waals surface area contributed by atoms with E-state index in [0.29, 0.717) is 5.69 Å². The van der Waals surface area contributed by atoms with Gasteiger partial charge in [0.25, 0.3) is 5.91 Å². The van der Waals surface area contributed by atoms with Gasteiger partial charge in [-0.15, -0.1) is 4.74 Å². The molecular weight excluding hydrogens is 350 g/mol. The van der Waals surface area contributed by atoms with Crippen LogP contribution in [0.3, 0.4) is 0 Å². The highest BCUT2D eigenvalue weighted by molar-refractivity contribution is 5.80. The monoisotopic (exact) mass is 371 g/mol. The van der Waals surface area contributed by atoms with Crippen molar-refractivity contribution in [3.8, 4) is 22.4 Å². The number of carbonyl (C=O) groups is 1. The van der Waals surface area contributed by atoms with E-state index in [9.17, 15) is 9.59 Å². The minimum absolute atomic E-state index is 0.323. The van der Waals surface area contributed by atoms with Crippen LogP contribution >= 0.6 is 0 Å². The fraction of sp³-hybridized carbons (Fsp3) is 0.0833. The predicted molar refractivity (Wildman–Crippen MR) is 111 cm³/mol. The lowest BCUT2D eigenvalue weighted by molar-refractivity contribution is 0.0817. The van der Waals surface area contributed by atoms with Gasteiger partial charge in [-0.2, -0.15) is 0 Å². The van der Waals surface area contributed by atoms with Crippen molar-refractivity contribution in [1.82, 2.24) is 4.74 Å². The summed E-state index contributed by atoms with van der Waals surface area (Å²) in [4.78, 5) is 22.2. The lowest BCUT2D eigenvalue weighted by Crippen LogP contribution is -2.06. The third-order valence-electron chi connectivity index (χ3n) is 4.24. The van der Waals surface area contributed by atoms with Gasteiger partial charge in [0.2, 0.25) is 0 Å². The average Bonchev–Trinajstić information content (AvgIpc) is 3.12. The quantitative estimate of drug-likeness (QED) is 0.472. The van der Waals surface area contributed by atoms with Gasteiger partial charge >= 0.3 is 5.63 Å². The molecule has 1 heterocycles. The first-order chi connectivity index (χ1) is 13.6. The lowest BCUT2D eigenvalue weighted by atomic mass is 10.0. The standard InChI is InChI=1S/C13H12.C11H9NO3/c1-11-7-5-6-10-13(11)12-8-3-2-4-9-12;1-8(13)12-10(7-11(14)15-12)9-5-3-2-4-6-9/h2-10H,1H3;2-7H,1H3. The first-order valence-corrected chi connectivity index (χ1v) is 8.97. The number of benzene rings is 3. The molecule has 0 atom stereocenters. The maximum absolute atomic E-state index is 11.2. The van der Waals surface area contributed by atoms with Gasteiger partial charge in [-0.05, 0) is 23.6 Å². The molecule has 0 saturated heterocycles. The van der Waals surface area contributed by atoms with Crippen molar-refractivity contribution < 1.29 is 9.32 Å².